The van der Waals surface area contributed by atoms with Crippen LogP contribution in [0.4, 0.5) is 5.82 Å². The predicted molar refractivity (Wildman–Crippen MR) is 110 cm³/mol. The van der Waals surface area contributed by atoms with Crippen LogP contribution in [0.1, 0.15) is 18.7 Å². The van der Waals surface area contributed by atoms with E-state index < -0.39 is 30.4 Å². The first-order valence-electron chi connectivity index (χ1n) is 9.87. The van der Waals surface area contributed by atoms with E-state index >= 15 is 0 Å². The van der Waals surface area contributed by atoms with Crippen molar-refractivity contribution in [2.45, 2.75) is 38.0 Å². The lowest BCUT2D eigenvalue weighted by Gasteiger charge is -2.16. The van der Waals surface area contributed by atoms with Gasteiger partial charge in [-0.2, -0.15) is 0 Å². The fraction of sp³-hybridized carbons (Fsp3) is 0.400. The molecule has 2 aromatic heterocycles. The molecule has 0 radical (unpaired) electrons. The van der Waals surface area contributed by atoms with Crippen molar-refractivity contribution < 1.29 is 24.5 Å². The number of aliphatic hydroxyl groups is 2. The van der Waals surface area contributed by atoms with E-state index in [-0.39, 0.29) is 0 Å². The monoisotopic (exact) mass is 428 g/mol. The number of carbonyl (C=O) groups is 1. The summed E-state index contributed by atoms with van der Waals surface area (Å²) in [5.74, 6) is 0.764. The molecule has 0 aliphatic carbocycles. The number of methoxy groups -OCH3 is 1. The van der Waals surface area contributed by atoms with Crippen LogP contribution in [0.15, 0.2) is 36.9 Å². The van der Waals surface area contributed by atoms with Gasteiger partial charge < -0.3 is 30.3 Å². The smallest absolute Gasteiger partial charge is 0.252 e. The molecule has 4 rings (SSSR count). The van der Waals surface area contributed by atoms with E-state index in [9.17, 15) is 15.0 Å². The molecule has 1 saturated heterocycles. The second kappa shape index (κ2) is 8.84. The quantitative estimate of drug-likeness (QED) is 0.415. The van der Waals surface area contributed by atoms with Crippen LogP contribution in [-0.2, 0) is 16.1 Å². The minimum absolute atomic E-state index is 0.385. The number of anilines is 1. The van der Waals surface area contributed by atoms with Crippen molar-refractivity contribution in [1.29, 1.82) is 0 Å². The number of imidazole rings is 1. The van der Waals surface area contributed by atoms with Crippen LogP contribution in [0, 0.1) is 0 Å². The zero-order valence-electron chi connectivity index (χ0n) is 17.1. The molecule has 31 heavy (non-hydrogen) atoms. The Labute approximate surface area is 178 Å². The number of aromatic nitrogens is 4. The van der Waals surface area contributed by atoms with Gasteiger partial charge >= 0.3 is 0 Å². The number of rotatable bonds is 7. The lowest BCUT2D eigenvalue weighted by molar-refractivity contribution is -0.137. The summed E-state index contributed by atoms with van der Waals surface area (Å²) in [6.45, 7) is 2.62. The SMILES string of the molecule is CCNC(=O)[C@H]1O[C@@H](n2cnc3c(NCc4cccc(OC)c4)ncnc32)[C@H](O)[C@@H]1O. The molecule has 0 unspecified atom stereocenters. The number of aliphatic hydroxyl groups excluding tert-OH is 2. The molecule has 1 amide bonds. The summed E-state index contributed by atoms with van der Waals surface area (Å²) in [5, 5.41) is 26.6. The van der Waals surface area contributed by atoms with Crippen molar-refractivity contribution in [2.75, 3.05) is 19.0 Å². The molecule has 1 aromatic carbocycles. The Hall–Kier alpha value is -3.28. The second-order valence-corrected chi connectivity index (χ2v) is 7.07. The summed E-state index contributed by atoms with van der Waals surface area (Å²) < 4.78 is 12.4. The molecule has 3 aromatic rings. The van der Waals surface area contributed by atoms with Crippen LogP contribution in [0.3, 0.4) is 0 Å². The summed E-state index contributed by atoms with van der Waals surface area (Å²) in [6, 6.07) is 7.63. The Morgan fingerprint density at radius 3 is 2.87 bits per heavy atom. The maximum Gasteiger partial charge on any atom is 0.252 e. The lowest BCUT2D eigenvalue weighted by Crippen LogP contribution is -2.42. The van der Waals surface area contributed by atoms with E-state index in [1.807, 2.05) is 24.3 Å². The van der Waals surface area contributed by atoms with Crippen molar-refractivity contribution in [3.05, 3.63) is 42.5 Å². The average Bonchev–Trinajstić information content (AvgIpc) is 3.34. The first-order valence-corrected chi connectivity index (χ1v) is 9.87. The fourth-order valence-corrected chi connectivity index (χ4v) is 3.52. The van der Waals surface area contributed by atoms with Gasteiger partial charge in [-0.05, 0) is 24.6 Å². The Kier molecular flexibility index (Phi) is 5.98. The molecule has 4 atom stereocenters. The summed E-state index contributed by atoms with van der Waals surface area (Å²) >= 11 is 0. The third kappa shape index (κ3) is 4.02. The van der Waals surface area contributed by atoms with Gasteiger partial charge in [0, 0.05) is 13.1 Å². The molecular formula is C20H24N6O5. The number of hydrogen-bond acceptors (Lipinski definition) is 9. The molecular weight excluding hydrogens is 404 g/mol. The Bertz CT molecular complexity index is 1070. The molecule has 3 heterocycles. The third-order valence-corrected chi connectivity index (χ3v) is 5.07. The summed E-state index contributed by atoms with van der Waals surface area (Å²) in [6.07, 6.45) is -2.10. The van der Waals surface area contributed by atoms with E-state index in [0.717, 1.165) is 11.3 Å². The molecule has 0 saturated carbocycles. The maximum absolute atomic E-state index is 12.1. The fourth-order valence-electron chi connectivity index (χ4n) is 3.52. The average molecular weight is 428 g/mol. The van der Waals surface area contributed by atoms with E-state index in [1.165, 1.54) is 17.2 Å². The van der Waals surface area contributed by atoms with Crippen molar-refractivity contribution in [3.63, 3.8) is 0 Å². The number of fused-ring (bicyclic) bond motifs is 1. The van der Waals surface area contributed by atoms with Crippen LogP contribution in [0.2, 0.25) is 0 Å². The van der Waals surface area contributed by atoms with Crippen molar-refractivity contribution >= 4 is 22.9 Å². The normalized spacial score (nSPS) is 23.1. The highest BCUT2D eigenvalue weighted by molar-refractivity contribution is 5.83. The highest BCUT2D eigenvalue weighted by Crippen LogP contribution is 2.32. The van der Waals surface area contributed by atoms with E-state index in [2.05, 4.69) is 25.6 Å². The minimum Gasteiger partial charge on any atom is -0.497 e. The van der Waals surface area contributed by atoms with Crippen LogP contribution in [0.5, 0.6) is 5.75 Å². The van der Waals surface area contributed by atoms with Crippen molar-refractivity contribution in [2.24, 2.45) is 0 Å². The Morgan fingerprint density at radius 2 is 2.10 bits per heavy atom. The molecule has 1 aliphatic heterocycles. The first-order chi connectivity index (χ1) is 15.0. The van der Waals surface area contributed by atoms with Gasteiger partial charge in [0.1, 0.15) is 24.3 Å². The summed E-state index contributed by atoms with van der Waals surface area (Å²) in [5.41, 5.74) is 1.86. The predicted octanol–water partition coefficient (Wildman–Crippen LogP) is 0.202. The minimum atomic E-state index is -1.37. The van der Waals surface area contributed by atoms with E-state index in [4.69, 9.17) is 9.47 Å². The Balaban J connectivity index is 1.56. The zero-order valence-corrected chi connectivity index (χ0v) is 17.1. The summed E-state index contributed by atoms with van der Waals surface area (Å²) in [7, 11) is 1.61. The number of nitrogens with zero attached hydrogens (tertiary/aromatic N) is 4. The van der Waals surface area contributed by atoms with E-state index in [0.29, 0.717) is 30.1 Å². The number of nitrogens with one attached hydrogen (secondary N) is 2. The third-order valence-electron chi connectivity index (χ3n) is 5.07. The van der Waals surface area contributed by atoms with Gasteiger partial charge in [0.15, 0.2) is 29.3 Å². The maximum atomic E-state index is 12.1. The molecule has 11 heteroatoms. The number of hydrogen-bond donors (Lipinski definition) is 4. The van der Waals surface area contributed by atoms with Crippen LogP contribution < -0.4 is 15.4 Å². The molecule has 0 bridgehead atoms. The van der Waals surface area contributed by atoms with Crippen LogP contribution in [0.25, 0.3) is 11.2 Å². The number of benzene rings is 1. The van der Waals surface area contributed by atoms with Gasteiger partial charge in [-0.3, -0.25) is 9.36 Å². The van der Waals surface area contributed by atoms with Gasteiger partial charge in [0.05, 0.1) is 13.4 Å². The topological polar surface area (TPSA) is 144 Å². The van der Waals surface area contributed by atoms with Gasteiger partial charge in [0.2, 0.25) is 0 Å². The number of ether oxygens (including phenoxy) is 2. The highest BCUT2D eigenvalue weighted by atomic mass is 16.6. The molecule has 4 N–H and O–H groups in total. The molecule has 0 spiro atoms. The van der Waals surface area contributed by atoms with E-state index in [1.54, 1.807) is 14.0 Å². The van der Waals surface area contributed by atoms with Gasteiger partial charge in [-0.25, -0.2) is 15.0 Å². The molecule has 1 fully saturated rings. The standard InChI is InChI=1S/C20H24N6O5/c1-3-21-19(29)16-14(27)15(28)20(31-16)26-10-25-13-17(23-9-24-18(13)26)22-8-11-5-4-6-12(7-11)30-2/h4-7,9-10,14-16,20,27-28H,3,8H2,1-2H3,(H,21,29)(H,22,23,24)/t14-,15+,16-,20+/m0/s1. The summed E-state index contributed by atoms with van der Waals surface area (Å²) in [4.78, 5) is 25.0. The van der Waals surface area contributed by atoms with Gasteiger partial charge in [0.25, 0.3) is 5.91 Å². The number of carbonyl (C=O) groups excluding carboxylic acids is 1. The van der Waals surface area contributed by atoms with Crippen molar-refractivity contribution in [1.82, 2.24) is 24.8 Å². The zero-order chi connectivity index (χ0) is 22.0. The Morgan fingerprint density at radius 1 is 1.26 bits per heavy atom. The van der Waals surface area contributed by atoms with Crippen molar-refractivity contribution in [3.8, 4) is 5.75 Å². The molecule has 1 aliphatic rings. The molecule has 164 valence electrons. The first kappa shape index (κ1) is 21.0. The number of likely N-dealkylation sites (N-methyl/N-ethyl adjacent to an activating group) is 1. The second-order valence-electron chi connectivity index (χ2n) is 7.07. The highest BCUT2D eigenvalue weighted by Gasteiger charge is 2.47. The molecule has 11 nitrogen and oxygen atoms in total. The van der Waals surface area contributed by atoms with Gasteiger partial charge in [-0.15, -0.1) is 0 Å². The van der Waals surface area contributed by atoms with Crippen LogP contribution in [-0.4, -0.2) is 67.6 Å². The number of amides is 1. The largest absolute Gasteiger partial charge is 0.497 e. The van der Waals surface area contributed by atoms with Gasteiger partial charge in [-0.1, -0.05) is 12.1 Å². The lowest BCUT2D eigenvalue weighted by atomic mass is 10.1. The van der Waals surface area contributed by atoms with Crippen LogP contribution >= 0.6 is 0 Å².